The molecule has 27 heavy (non-hydrogen) atoms. The van der Waals surface area contributed by atoms with Gasteiger partial charge in [-0.25, -0.2) is 4.18 Å². The molecule has 8 atom stereocenters. The summed E-state index contributed by atoms with van der Waals surface area (Å²) >= 11 is 0. The van der Waals surface area contributed by atoms with E-state index in [-0.39, 0.29) is 23.0 Å². The third kappa shape index (κ3) is 3.18. The summed E-state index contributed by atoms with van der Waals surface area (Å²) in [7, 11) is -4.38. The topological polar surface area (TPSA) is 112 Å². The number of fused-ring (bicyclic) bond motifs is 5. The predicted octanol–water partition coefficient (Wildman–Crippen LogP) is 4.90. The summed E-state index contributed by atoms with van der Waals surface area (Å²) < 4.78 is 36.2. The first-order valence-electron chi connectivity index (χ1n) is 10.4. The molecule has 4 saturated carbocycles. The largest absolute Gasteiger partial charge is 0.397 e. The van der Waals surface area contributed by atoms with E-state index in [1.807, 2.05) is 0 Å². The molecule has 0 saturated heterocycles. The highest BCUT2D eigenvalue weighted by molar-refractivity contribution is 7.80. The Morgan fingerprint density at radius 1 is 1.04 bits per heavy atom. The first kappa shape index (κ1) is 19.5. The molecular weight excluding hydrogens is 366 g/mol. The van der Waals surface area contributed by atoms with Crippen LogP contribution in [0.25, 0.3) is 10.4 Å². The van der Waals surface area contributed by atoms with Crippen molar-refractivity contribution < 1.29 is 17.2 Å². The monoisotopic (exact) mass is 397 g/mol. The van der Waals surface area contributed by atoms with E-state index in [0.717, 1.165) is 38.5 Å². The van der Waals surface area contributed by atoms with E-state index in [1.165, 1.54) is 12.8 Å². The van der Waals surface area contributed by atoms with Crippen LogP contribution >= 0.6 is 0 Å². The summed E-state index contributed by atoms with van der Waals surface area (Å²) in [6.07, 6.45) is 8.74. The van der Waals surface area contributed by atoms with Gasteiger partial charge in [0.15, 0.2) is 0 Å². The van der Waals surface area contributed by atoms with E-state index in [9.17, 15) is 8.42 Å². The van der Waals surface area contributed by atoms with Crippen LogP contribution in [-0.2, 0) is 14.6 Å². The molecule has 0 aromatic carbocycles. The third-order valence-corrected chi connectivity index (χ3v) is 9.53. The van der Waals surface area contributed by atoms with Gasteiger partial charge in [-0.2, -0.15) is 8.42 Å². The zero-order valence-electron chi connectivity index (χ0n) is 16.2. The van der Waals surface area contributed by atoms with Crippen molar-refractivity contribution in [2.24, 2.45) is 39.6 Å². The Morgan fingerprint density at radius 2 is 1.74 bits per heavy atom. The second-order valence-corrected chi connectivity index (χ2v) is 11.0. The van der Waals surface area contributed by atoms with Gasteiger partial charge in [-0.1, -0.05) is 19.0 Å². The number of hydrogen-bond acceptors (Lipinski definition) is 4. The summed E-state index contributed by atoms with van der Waals surface area (Å²) in [6, 6.07) is 0.137. The van der Waals surface area contributed by atoms with Crippen molar-refractivity contribution >= 4 is 10.4 Å². The molecule has 0 heterocycles. The van der Waals surface area contributed by atoms with Gasteiger partial charge in [0.05, 0.1) is 6.10 Å². The highest BCUT2D eigenvalue weighted by atomic mass is 32.3. The minimum absolute atomic E-state index is 0.137. The number of rotatable bonds is 3. The van der Waals surface area contributed by atoms with Gasteiger partial charge in [0.25, 0.3) is 0 Å². The molecule has 1 N–H and O–H groups in total. The summed E-state index contributed by atoms with van der Waals surface area (Å²) in [5.74, 6) is 2.43. The lowest BCUT2D eigenvalue weighted by atomic mass is 9.45. The summed E-state index contributed by atoms with van der Waals surface area (Å²) in [4.78, 5) is 3.12. The Balaban J connectivity index is 1.53. The third-order valence-electron chi connectivity index (χ3n) is 9.02. The summed E-state index contributed by atoms with van der Waals surface area (Å²) in [6.45, 7) is 4.74. The molecule has 8 heteroatoms. The fourth-order valence-electron chi connectivity index (χ4n) is 7.70. The SMILES string of the molecule is C[C@]12CC[C@@H](OS(=O)(=O)O)C[C@H]1CC[C@@H]1[C@@H]2CC[C@]2(C)[C@@H](N=[N+]=[N-])CC[C@@H]12. The highest BCUT2D eigenvalue weighted by Gasteiger charge is 2.60. The molecule has 0 unspecified atom stereocenters. The predicted molar refractivity (Wildman–Crippen MR) is 101 cm³/mol. The van der Waals surface area contributed by atoms with Crippen LogP contribution in [0.4, 0.5) is 0 Å². The lowest BCUT2D eigenvalue weighted by Gasteiger charge is -2.60. The summed E-state index contributed by atoms with van der Waals surface area (Å²) in [5, 5.41) is 4.14. The Morgan fingerprint density at radius 3 is 2.44 bits per heavy atom. The standard InChI is InChI=1S/C19H31N3O4S/c1-18-9-7-13(26-27(23,24)25)11-12(18)3-4-14-15-5-6-17(21-22-20)19(15,2)10-8-16(14)18/h12-17H,3-11H2,1-2H3,(H,23,24,25)/t12-,13-,14+,15+,16+,17+,18+,19+/m1/s1. The first-order chi connectivity index (χ1) is 12.7. The molecule has 0 amide bonds. The normalized spacial score (nSPS) is 49.4. The minimum Gasteiger partial charge on any atom is -0.264 e. The number of azide groups is 1. The van der Waals surface area contributed by atoms with Crippen LogP contribution in [0.3, 0.4) is 0 Å². The lowest BCUT2D eigenvalue weighted by molar-refractivity contribution is -0.119. The molecule has 0 spiro atoms. The van der Waals surface area contributed by atoms with Crippen molar-refractivity contribution in [1.82, 2.24) is 0 Å². The number of nitrogens with zero attached hydrogens (tertiary/aromatic N) is 3. The maximum Gasteiger partial charge on any atom is 0.397 e. The van der Waals surface area contributed by atoms with Crippen molar-refractivity contribution in [3.05, 3.63) is 10.4 Å². The molecule has 7 nitrogen and oxygen atoms in total. The van der Waals surface area contributed by atoms with Crippen molar-refractivity contribution in [3.63, 3.8) is 0 Å². The average molecular weight is 398 g/mol. The maximum atomic E-state index is 11.1. The average Bonchev–Trinajstić information content (AvgIpc) is 2.91. The lowest BCUT2D eigenvalue weighted by Crippen LogP contribution is -2.54. The van der Waals surface area contributed by atoms with Gasteiger partial charge in [0, 0.05) is 11.0 Å². The highest BCUT2D eigenvalue weighted by Crippen LogP contribution is 2.66. The smallest absolute Gasteiger partial charge is 0.264 e. The Labute approximate surface area is 161 Å². The molecule has 152 valence electrons. The van der Waals surface area contributed by atoms with E-state index in [2.05, 4.69) is 23.9 Å². The van der Waals surface area contributed by atoms with Gasteiger partial charge in [-0.05, 0) is 97.8 Å². The van der Waals surface area contributed by atoms with Crippen LogP contribution in [-0.4, -0.2) is 25.1 Å². The zero-order valence-corrected chi connectivity index (χ0v) is 17.1. The van der Waals surface area contributed by atoms with Gasteiger partial charge < -0.3 is 0 Å². The van der Waals surface area contributed by atoms with Crippen molar-refractivity contribution in [1.29, 1.82) is 0 Å². The number of hydrogen-bond donors (Lipinski definition) is 1. The quantitative estimate of drug-likeness (QED) is 0.316. The van der Waals surface area contributed by atoms with Gasteiger partial charge in [-0.3, -0.25) is 4.55 Å². The van der Waals surface area contributed by atoms with Crippen LogP contribution in [0.1, 0.15) is 71.6 Å². The zero-order chi connectivity index (χ0) is 19.4. The molecule has 4 fully saturated rings. The second-order valence-electron chi connectivity index (χ2n) is 9.92. The van der Waals surface area contributed by atoms with E-state index < -0.39 is 10.4 Å². The molecule has 4 rings (SSSR count). The van der Waals surface area contributed by atoms with Crippen LogP contribution < -0.4 is 0 Å². The van der Waals surface area contributed by atoms with Crippen molar-refractivity contribution in [3.8, 4) is 0 Å². The van der Waals surface area contributed by atoms with E-state index >= 15 is 0 Å². The first-order valence-corrected chi connectivity index (χ1v) is 11.7. The van der Waals surface area contributed by atoms with Crippen LogP contribution in [0, 0.1) is 34.5 Å². The molecule has 0 radical (unpaired) electrons. The Kier molecular flexibility index (Phi) is 4.78. The molecule has 0 aliphatic heterocycles. The molecule has 0 bridgehead atoms. The van der Waals surface area contributed by atoms with Gasteiger partial charge >= 0.3 is 10.4 Å². The van der Waals surface area contributed by atoms with Gasteiger partial charge in [-0.15, -0.1) is 0 Å². The van der Waals surface area contributed by atoms with Crippen molar-refractivity contribution in [2.75, 3.05) is 0 Å². The molecular formula is C19H31N3O4S. The molecule has 0 aromatic rings. The summed E-state index contributed by atoms with van der Waals surface area (Å²) in [5.41, 5.74) is 9.31. The van der Waals surface area contributed by atoms with Gasteiger partial charge in [0.2, 0.25) is 0 Å². The fraction of sp³-hybridized carbons (Fsp3) is 1.00. The maximum absolute atomic E-state index is 11.1. The van der Waals surface area contributed by atoms with Crippen LogP contribution in [0.15, 0.2) is 5.11 Å². The minimum atomic E-state index is -4.38. The molecule has 0 aromatic heterocycles. The van der Waals surface area contributed by atoms with E-state index in [0.29, 0.717) is 30.1 Å². The van der Waals surface area contributed by atoms with E-state index in [4.69, 9.17) is 14.3 Å². The molecule has 4 aliphatic carbocycles. The van der Waals surface area contributed by atoms with Gasteiger partial charge in [0.1, 0.15) is 0 Å². The Hall–Kier alpha value is -0.820. The van der Waals surface area contributed by atoms with Crippen LogP contribution in [0.2, 0.25) is 0 Å². The van der Waals surface area contributed by atoms with E-state index in [1.54, 1.807) is 0 Å². The Bertz CT molecular complexity index is 752. The second kappa shape index (κ2) is 6.61. The molecule has 4 aliphatic rings. The van der Waals surface area contributed by atoms with Crippen molar-refractivity contribution in [2.45, 2.75) is 83.8 Å². The fourth-order valence-corrected chi connectivity index (χ4v) is 8.22. The van der Waals surface area contributed by atoms with Crippen LogP contribution in [0.5, 0.6) is 0 Å².